The lowest BCUT2D eigenvalue weighted by Gasteiger charge is -2.04. The first-order valence-corrected chi connectivity index (χ1v) is 6.11. The van der Waals surface area contributed by atoms with Gasteiger partial charge >= 0.3 is 17.9 Å². The normalized spacial score (nSPS) is 9.68. The van der Waals surface area contributed by atoms with Crippen molar-refractivity contribution in [2.24, 2.45) is 0 Å². The quantitative estimate of drug-likeness (QED) is 0.522. The number of aliphatic carboxylic acids is 2. The average Bonchev–Trinajstić information content (AvgIpc) is 2.36. The Morgan fingerprint density at radius 3 is 1.32 bits per heavy atom. The van der Waals surface area contributed by atoms with Gasteiger partial charge < -0.3 is 20.1 Å². The standard InChI is InChI=1S/C7H12O3.2C4H6O2/c1-5(2)7(9)10-4-6(3)8;2*1-3(2)4(5)6/h6,8H,1,4H2,2-3H3;2*1H2,2H3,(H,5,6). The summed E-state index contributed by atoms with van der Waals surface area (Å²) in [4.78, 5) is 29.8. The van der Waals surface area contributed by atoms with E-state index >= 15 is 0 Å². The van der Waals surface area contributed by atoms with Crippen LogP contribution in [0.3, 0.4) is 0 Å². The van der Waals surface area contributed by atoms with Gasteiger partial charge in [0.1, 0.15) is 6.61 Å². The van der Waals surface area contributed by atoms with E-state index in [0.717, 1.165) is 0 Å². The maximum atomic E-state index is 10.6. The molecule has 0 saturated heterocycles. The molecule has 0 spiro atoms. The maximum Gasteiger partial charge on any atom is 0.333 e. The van der Waals surface area contributed by atoms with Crippen molar-refractivity contribution < 1.29 is 34.4 Å². The highest BCUT2D eigenvalue weighted by atomic mass is 16.5. The summed E-state index contributed by atoms with van der Waals surface area (Å²) in [5, 5.41) is 24.5. The third-order valence-electron chi connectivity index (χ3n) is 1.53. The summed E-state index contributed by atoms with van der Waals surface area (Å²) in [6, 6.07) is 0. The predicted molar refractivity (Wildman–Crippen MR) is 82.4 cm³/mol. The molecule has 1 atom stereocenters. The first-order valence-electron chi connectivity index (χ1n) is 6.11. The van der Waals surface area contributed by atoms with Crippen LogP contribution in [-0.2, 0) is 19.1 Å². The number of carboxylic acids is 2. The summed E-state index contributed by atoms with van der Waals surface area (Å²) in [6.07, 6.45) is -0.608. The largest absolute Gasteiger partial charge is 0.478 e. The van der Waals surface area contributed by atoms with Crippen LogP contribution in [0.4, 0.5) is 0 Å². The Balaban J connectivity index is -0.000000261. The Hall–Kier alpha value is -2.41. The molecule has 0 radical (unpaired) electrons. The van der Waals surface area contributed by atoms with Crippen LogP contribution in [0, 0.1) is 0 Å². The minimum Gasteiger partial charge on any atom is -0.478 e. The van der Waals surface area contributed by atoms with E-state index in [0.29, 0.717) is 5.57 Å². The van der Waals surface area contributed by atoms with Crippen molar-refractivity contribution in [3.8, 4) is 0 Å². The molecule has 0 aromatic rings. The highest BCUT2D eigenvalue weighted by Crippen LogP contribution is 1.92. The lowest BCUT2D eigenvalue weighted by Crippen LogP contribution is -2.15. The van der Waals surface area contributed by atoms with Crippen LogP contribution in [0.1, 0.15) is 27.7 Å². The van der Waals surface area contributed by atoms with E-state index in [1.54, 1.807) is 13.8 Å². The molecule has 0 heterocycles. The topological polar surface area (TPSA) is 121 Å². The number of carboxylic acid groups (broad SMARTS) is 2. The van der Waals surface area contributed by atoms with Crippen LogP contribution in [0.15, 0.2) is 36.5 Å². The molecule has 0 amide bonds. The number of esters is 1. The van der Waals surface area contributed by atoms with Crippen molar-refractivity contribution in [2.45, 2.75) is 33.8 Å². The molecule has 7 nitrogen and oxygen atoms in total. The lowest BCUT2D eigenvalue weighted by molar-refractivity contribution is -0.141. The van der Waals surface area contributed by atoms with Crippen LogP contribution in [0.5, 0.6) is 0 Å². The second-order valence-electron chi connectivity index (χ2n) is 4.40. The van der Waals surface area contributed by atoms with Crippen molar-refractivity contribution >= 4 is 17.9 Å². The van der Waals surface area contributed by atoms with E-state index in [2.05, 4.69) is 24.5 Å². The Bertz CT molecular complexity index is 385. The molecule has 0 aromatic heterocycles. The van der Waals surface area contributed by atoms with Crippen molar-refractivity contribution in [3.05, 3.63) is 36.5 Å². The molecule has 0 aliphatic heterocycles. The maximum absolute atomic E-state index is 10.6. The molecular weight excluding hydrogens is 292 g/mol. The first-order chi connectivity index (χ1) is 9.82. The zero-order chi connectivity index (χ0) is 18.5. The minimum atomic E-state index is -0.935. The predicted octanol–water partition coefficient (Wildman–Crippen LogP) is 1.78. The van der Waals surface area contributed by atoms with E-state index in [9.17, 15) is 14.4 Å². The van der Waals surface area contributed by atoms with Crippen LogP contribution in [-0.4, -0.2) is 45.9 Å². The number of carbonyl (C=O) groups is 3. The number of ether oxygens (including phenoxy) is 1. The number of rotatable bonds is 5. The Kier molecular flexibility index (Phi) is 15.2. The van der Waals surface area contributed by atoms with E-state index in [-0.39, 0.29) is 17.8 Å². The smallest absolute Gasteiger partial charge is 0.333 e. The van der Waals surface area contributed by atoms with E-state index in [1.807, 2.05) is 0 Å². The van der Waals surface area contributed by atoms with Gasteiger partial charge in [0.15, 0.2) is 0 Å². The van der Waals surface area contributed by atoms with Crippen LogP contribution < -0.4 is 0 Å². The van der Waals surface area contributed by atoms with Gasteiger partial charge in [-0.25, -0.2) is 14.4 Å². The summed E-state index contributed by atoms with van der Waals surface area (Å²) in [5.74, 6) is -2.33. The molecule has 7 heteroatoms. The molecule has 0 aromatic carbocycles. The zero-order valence-electron chi connectivity index (χ0n) is 13.4. The van der Waals surface area contributed by atoms with Crippen molar-refractivity contribution in [1.29, 1.82) is 0 Å². The summed E-state index contributed by atoms with van der Waals surface area (Å²) in [7, 11) is 0. The Morgan fingerprint density at radius 1 is 0.909 bits per heavy atom. The number of aliphatic hydroxyl groups excluding tert-OH is 1. The molecule has 126 valence electrons. The summed E-state index contributed by atoms with van der Waals surface area (Å²) in [5.41, 5.74) is 0.700. The van der Waals surface area contributed by atoms with Gasteiger partial charge in [0.05, 0.1) is 6.10 Å². The van der Waals surface area contributed by atoms with Gasteiger partial charge in [-0.3, -0.25) is 0 Å². The summed E-state index contributed by atoms with van der Waals surface area (Å²) >= 11 is 0. The Morgan fingerprint density at radius 2 is 1.18 bits per heavy atom. The SMILES string of the molecule is C=C(C)C(=O)O.C=C(C)C(=O)O.C=C(C)C(=O)OCC(C)O. The zero-order valence-corrected chi connectivity index (χ0v) is 13.4. The van der Waals surface area contributed by atoms with Crippen molar-refractivity contribution in [1.82, 2.24) is 0 Å². The molecule has 22 heavy (non-hydrogen) atoms. The van der Waals surface area contributed by atoms with Gasteiger partial charge in [-0.1, -0.05) is 19.7 Å². The summed E-state index contributed by atoms with van der Waals surface area (Å²) in [6.45, 7) is 15.7. The molecule has 0 rings (SSSR count). The fourth-order valence-electron chi connectivity index (χ4n) is 0.319. The third kappa shape index (κ3) is 22.7. The van der Waals surface area contributed by atoms with Crippen molar-refractivity contribution in [2.75, 3.05) is 6.61 Å². The highest BCUT2D eigenvalue weighted by Gasteiger charge is 2.03. The number of hydrogen-bond acceptors (Lipinski definition) is 5. The number of hydrogen-bond donors (Lipinski definition) is 3. The fraction of sp³-hybridized carbons (Fsp3) is 0.400. The molecule has 1 unspecified atom stereocenters. The number of aliphatic hydroxyl groups is 1. The second kappa shape index (κ2) is 13.6. The van der Waals surface area contributed by atoms with Gasteiger partial charge in [0.25, 0.3) is 0 Å². The first kappa shape index (κ1) is 24.6. The van der Waals surface area contributed by atoms with Gasteiger partial charge in [0.2, 0.25) is 0 Å². The van der Waals surface area contributed by atoms with E-state index in [4.69, 9.17) is 15.3 Å². The van der Waals surface area contributed by atoms with E-state index in [1.165, 1.54) is 13.8 Å². The third-order valence-corrected chi connectivity index (χ3v) is 1.53. The molecule has 0 aliphatic rings. The van der Waals surface area contributed by atoms with Gasteiger partial charge in [0, 0.05) is 16.7 Å². The van der Waals surface area contributed by atoms with Gasteiger partial charge in [-0.15, -0.1) is 0 Å². The van der Waals surface area contributed by atoms with Crippen LogP contribution in [0.2, 0.25) is 0 Å². The second-order valence-corrected chi connectivity index (χ2v) is 4.40. The van der Waals surface area contributed by atoms with Crippen molar-refractivity contribution in [3.63, 3.8) is 0 Å². The molecule has 0 saturated carbocycles. The Labute approximate surface area is 130 Å². The average molecular weight is 316 g/mol. The summed E-state index contributed by atoms with van der Waals surface area (Å²) < 4.78 is 4.58. The fourth-order valence-corrected chi connectivity index (χ4v) is 0.319. The van der Waals surface area contributed by atoms with Gasteiger partial charge in [-0.05, 0) is 27.7 Å². The monoisotopic (exact) mass is 316 g/mol. The van der Waals surface area contributed by atoms with E-state index < -0.39 is 24.0 Å². The van der Waals surface area contributed by atoms with Gasteiger partial charge in [-0.2, -0.15) is 0 Å². The number of carbonyl (C=O) groups excluding carboxylic acids is 1. The highest BCUT2D eigenvalue weighted by molar-refractivity contribution is 5.87. The molecular formula is C15H24O7. The molecule has 0 bridgehead atoms. The van der Waals surface area contributed by atoms with Crippen LogP contribution in [0.25, 0.3) is 0 Å². The lowest BCUT2D eigenvalue weighted by atomic mass is 10.3. The molecule has 3 N–H and O–H groups in total. The molecule has 0 aliphatic carbocycles. The molecule has 0 fully saturated rings. The minimum absolute atomic E-state index is 0.0334. The van der Waals surface area contributed by atoms with Crippen LogP contribution >= 0.6 is 0 Å².